The van der Waals surface area contributed by atoms with Crippen LogP contribution in [0.2, 0.25) is 0 Å². The van der Waals surface area contributed by atoms with Gasteiger partial charge in [0, 0.05) is 49.7 Å². The lowest BCUT2D eigenvalue weighted by Gasteiger charge is -2.40. The molecule has 11 heteroatoms. The fourth-order valence-corrected chi connectivity index (χ4v) is 6.01. The molecule has 10 nitrogen and oxygen atoms in total. The molecule has 186 valence electrons. The van der Waals surface area contributed by atoms with E-state index in [4.69, 9.17) is 10.00 Å². The first kappa shape index (κ1) is 24.1. The van der Waals surface area contributed by atoms with Gasteiger partial charge in [-0.05, 0) is 42.7 Å². The molecule has 1 aromatic carbocycles. The van der Waals surface area contributed by atoms with Crippen LogP contribution in [0.4, 0.5) is 0 Å². The number of carbonyl (C=O) groups is 1. The van der Waals surface area contributed by atoms with Crippen molar-refractivity contribution in [3.8, 4) is 11.9 Å². The molecule has 0 bridgehead atoms. The van der Waals surface area contributed by atoms with Gasteiger partial charge in [-0.25, -0.2) is 22.9 Å². The fraction of sp³-hybridized carbons (Fsp3) is 0.360. The molecule has 1 unspecified atom stereocenters. The van der Waals surface area contributed by atoms with Crippen LogP contribution < -0.4 is 0 Å². The summed E-state index contributed by atoms with van der Waals surface area (Å²) in [6.45, 7) is 6.03. The Morgan fingerprint density at radius 3 is 2.75 bits per heavy atom. The van der Waals surface area contributed by atoms with Crippen molar-refractivity contribution < 1.29 is 17.9 Å². The highest BCUT2D eigenvalue weighted by atomic mass is 32.2. The van der Waals surface area contributed by atoms with Crippen LogP contribution in [0.5, 0.6) is 0 Å². The van der Waals surface area contributed by atoms with Crippen molar-refractivity contribution in [2.45, 2.75) is 33.0 Å². The average molecular weight is 507 g/mol. The Hall–Kier alpha value is -3.59. The van der Waals surface area contributed by atoms with Gasteiger partial charge in [-0.3, -0.25) is 4.90 Å². The molecule has 0 amide bonds. The van der Waals surface area contributed by atoms with Gasteiger partial charge in [-0.15, -0.1) is 0 Å². The number of pyridine rings is 1. The van der Waals surface area contributed by atoms with Crippen molar-refractivity contribution in [2.24, 2.45) is 0 Å². The zero-order chi connectivity index (χ0) is 25.6. The Labute approximate surface area is 209 Å². The van der Waals surface area contributed by atoms with E-state index in [2.05, 4.69) is 21.1 Å². The Kier molecular flexibility index (Phi) is 6.12. The number of benzene rings is 1. The first-order chi connectivity index (χ1) is 17.2. The SMILES string of the molecule is Cc1cc(-n2cc(CN3CCN(S(C)(=O)=O)C(c4ccc5c(c4C)COC5=O)C3)cn2)ncc1C#N. The number of carbonyl (C=O) groups excluding carboxylic acids is 1. The maximum atomic E-state index is 12.7. The summed E-state index contributed by atoms with van der Waals surface area (Å²) in [6, 6.07) is 7.14. The molecule has 0 spiro atoms. The summed E-state index contributed by atoms with van der Waals surface area (Å²) in [5.74, 6) is 0.289. The average Bonchev–Trinajstić information content (AvgIpc) is 3.46. The predicted molar refractivity (Wildman–Crippen MR) is 131 cm³/mol. The van der Waals surface area contributed by atoms with E-state index < -0.39 is 10.0 Å². The molecular formula is C25H26N6O4S. The number of aryl methyl sites for hydroxylation is 1. The lowest BCUT2D eigenvalue weighted by atomic mass is 9.93. The van der Waals surface area contributed by atoms with Gasteiger partial charge in [-0.2, -0.15) is 14.7 Å². The van der Waals surface area contributed by atoms with Crippen LogP contribution in [-0.4, -0.2) is 64.2 Å². The van der Waals surface area contributed by atoms with Crippen molar-refractivity contribution >= 4 is 16.0 Å². The van der Waals surface area contributed by atoms with Crippen molar-refractivity contribution in [3.05, 3.63) is 75.7 Å². The number of ether oxygens (including phenoxy) is 1. The number of aromatic nitrogens is 3. The molecule has 1 saturated heterocycles. The third-order valence-electron chi connectivity index (χ3n) is 6.90. The van der Waals surface area contributed by atoms with Crippen molar-refractivity contribution in [2.75, 3.05) is 25.9 Å². The molecule has 0 N–H and O–H groups in total. The standard InChI is InChI=1S/C25H26N6O4S/c1-16-8-24(27-11-19(16)9-26)30-13-18(10-28-30)12-29-6-7-31(36(3,33)34)23(14-29)20-4-5-21-22(17(20)2)15-35-25(21)32/h4-5,8,10-11,13,23H,6-7,12,14-15H2,1-3H3. The molecule has 5 rings (SSSR count). The lowest BCUT2D eigenvalue weighted by Crippen LogP contribution is -2.50. The van der Waals surface area contributed by atoms with E-state index in [-0.39, 0.29) is 18.6 Å². The minimum Gasteiger partial charge on any atom is -0.457 e. The van der Waals surface area contributed by atoms with E-state index in [1.165, 1.54) is 6.26 Å². The fourth-order valence-electron chi connectivity index (χ4n) is 4.95. The number of hydrogen-bond acceptors (Lipinski definition) is 8. The number of hydrogen-bond donors (Lipinski definition) is 0. The second kappa shape index (κ2) is 9.13. The molecule has 0 saturated carbocycles. The highest BCUT2D eigenvalue weighted by molar-refractivity contribution is 7.88. The third kappa shape index (κ3) is 4.39. The first-order valence-electron chi connectivity index (χ1n) is 11.5. The molecule has 1 atom stereocenters. The predicted octanol–water partition coefficient (Wildman–Crippen LogP) is 2.24. The Balaban J connectivity index is 1.39. The van der Waals surface area contributed by atoms with Crippen molar-refractivity contribution in [3.63, 3.8) is 0 Å². The highest BCUT2D eigenvalue weighted by Crippen LogP contribution is 2.35. The molecule has 3 aromatic rings. The summed E-state index contributed by atoms with van der Waals surface area (Å²) < 4.78 is 33.7. The molecule has 2 aromatic heterocycles. The summed E-state index contributed by atoms with van der Waals surface area (Å²) >= 11 is 0. The van der Waals surface area contributed by atoms with Gasteiger partial charge in [-0.1, -0.05) is 6.07 Å². The maximum Gasteiger partial charge on any atom is 0.338 e. The zero-order valence-electron chi connectivity index (χ0n) is 20.3. The Morgan fingerprint density at radius 2 is 2.03 bits per heavy atom. The minimum absolute atomic E-state index is 0.213. The summed E-state index contributed by atoms with van der Waals surface area (Å²) in [7, 11) is -3.44. The summed E-state index contributed by atoms with van der Waals surface area (Å²) in [5, 5.41) is 13.6. The van der Waals surface area contributed by atoms with Gasteiger partial charge in [0.1, 0.15) is 12.7 Å². The molecule has 2 aliphatic rings. The smallest absolute Gasteiger partial charge is 0.338 e. The van der Waals surface area contributed by atoms with E-state index >= 15 is 0 Å². The van der Waals surface area contributed by atoms with Crippen LogP contribution in [0, 0.1) is 25.2 Å². The molecule has 1 fully saturated rings. The third-order valence-corrected chi connectivity index (χ3v) is 8.19. The molecular weight excluding hydrogens is 480 g/mol. The molecule has 0 aliphatic carbocycles. The molecule has 0 radical (unpaired) electrons. The summed E-state index contributed by atoms with van der Waals surface area (Å²) in [5.41, 5.74) is 5.48. The van der Waals surface area contributed by atoms with Crippen LogP contribution in [0.3, 0.4) is 0 Å². The lowest BCUT2D eigenvalue weighted by molar-refractivity contribution is 0.0535. The quantitative estimate of drug-likeness (QED) is 0.483. The van der Waals surface area contributed by atoms with Crippen molar-refractivity contribution in [1.29, 1.82) is 5.26 Å². The summed E-state index contributed by atoms with van der Waals surface area (Å²) in [6.07, 6.45) is 6.45. The highest BCUT2D eigenvalue weighted by Gasteiger charge is 2.36. The monoisotopic (exact) mass is 506 g/mol. The molecule has 36 heavy (non-hydrogen) atoms. The van der Waals surface area contributed by atoms with Crippen LogP contribution in [-0.2, 0) is 27.9 Å². The van der Waals surface area contributed by atoms with Crippen LogP contribution in [0.15, 0.2) is 36.8 Å². The number of piperazine rings is 1. The Bertz CT molecular complexity index is 1510. The van der Waals surface area contributed by atoms with E-state index in [0.29, 0.717) is 43.1 Å². The maximum absolute atomic E-state index is 12.7. The Morgan fingerprint density at radius 1 is 1.22 bits per heavy atom. The number of nitriles is 1. The van der Waals surface area contributed by atoms with E-state index in [9.17, 15) is 13.2 Å². The molecule has 4 heterocycles. The minimum atomic E-state index is -3.44. The number of nitrogens with zero attached hydrogens (tertiary/aromatic N) is 6. The normalized spacial score (nSPS) is 18.6. The van der Waals surface area contributed by atoms with Crippen LogP contribution in [0.1, 0.15) is 49.8 Å². The van der Waals surface area contributed by atoms with Crippen molar-refractivity contribution in [1.82, 2.24) is 24.0 Å². The van der Waals surface area contributed by atoms with E-state index in [1.807, 2.05) is 32.2 Å². The van der Waals surface area contributed by atoms with Gasteiger partial charge in [0.2, 0.25) is 10.0 Å². The van der Waals surface area contributed by atoms with Gasteiger partial charge in [0.15, 0.2) is 5.82 Å². The van der Waals surface area contributed by atoms with Gasteiger partial charge < -0.3 is 4.74 Å². The number of cyclic esters (lactones) is 1. The van der Waals surface area contributed by atoms with Gasteiger partial charge >= 0.3 is 5.97 Å². The molecule has 2 aliphatic heterocycles. The van der Waals surface area contributed by atoms with Crippen LogP contribution in [0.25, 0.3) is 5.82 Å². The van der Waals surface area contributed by atoms with Gasteiger partial charge in [0.05, 0.1) is 29.6 Å². The van der Waals surface area contributed by atoms with Gasteiger partial charge in [0.25, 0.3) is 0 Å². The first-order valence-corrected chi connectivity index (χ1v) is 13.4. The summed E-state index contributed by atoms with van der Waals surface area (Å²) in [4.78, 5) is 18.5. The largest absolute Gasteiger partial charge is 0.457 e. The second-order valence-electron chi connectivity index (χ2n) is 9.27. The van der Waals surface area contributed by atoms with E-state index in [1.54, 1.807) is 27.4 Å². The number of fused-ring (bicyclic) bond motifs is 1. The second-order valence-corrected chi connectivity index (χ2v) is 11.2. The van der Waals surface area contributed by atoms with E-state index in [0.717, 1.165) is 27.8 Å². The number of esters is 1. The topological polar surface area (TPSA) is 121 Å². The number of rotatable bonds is 5. The van der Waals surface area contributed by atoms with Crippen LogP contribution >= 0.6 is 0 Å². The number of sulfonamides is 1. The zero-order valence-corrected chi connectivity index (χ0v) is 21.1.